The van der Waals surface area contributed by atoms with Crippen molar-refractivity contribution in [3.05, 3.63) is 0 Å². The third-order valence-electron chi connectivity index (χ3n) is 2.18. The van der Waals surface area contributed by atoms with E-state index in [1.165, 1.54) is 7.11 Å². The summed E-state index contributed by atoms with van der Waals surface area (Å²) in [5, 5.41) is 0. The first-order chi connectivity index (χ1) is 6.25. The van der Waals surface area contributed by atoms with Crippen LogP contribution >= 0.6 is 11.8 Å². The summed E-state index contributed by atoms with van der Waals surface area (Å²) in [6.45, 7) is 3.89. The molecule has 0 saturated carbocycles. The third kappa shape index (κ3) is 3.17. The number of carbonyl (C=O) groups is 1. The third-order valence-corrected chi connectivity index (χ3v) is 3.12. The molecule has 13 heavy (non-hydrogen) atoms. The molecule has 1 amide bonds. The normalized spacial score (nSPS) is 21.1. The highest BCUT2D eigenvalue weighted by molar-refractivity contribution is 7.99. The van der Waals surface area contributed by atoms with Gasteiger partial charge < -0.3 is 0 Å². The van der Waals surface area contributed by atoms with Crippen LogP contribution in [0.1, 0.15) is 6.92 Å². The van der Waals surface area contributed by atoms with Crippen LogP contribution in [0.25, 0.3) is 0 Å². The number of carbonyl (C=O) groups excluding carboxylic acids is 1. The van der Waals surface area contributed by atoms with Crippen molar-refractivity contribution >= 4 is 17.7 Å². The first-order valence-electron chi connectivity index (χ1n) is 4.40. The Labute approximate surface area is 82.9 Å². The second-order valence-electron chi connectivity index (χ2n) is 2.99. The van der Waals surface area contributed by atoms with Gasteiger partial charge in [-0.2, -0.15) is 11.8 Å². The average Bonchev–Trinajstić information content (AvgIpc) is 2.18. The molecular formula is C8H16N2O2S. The maximum atomic E-state index is 11.4. The van der Waals surface area contributed by atoms with Gasteiger partial charge in [-0.1, -0.05) is 0 Å². The van der Waals surface area contributed by atoms with Gasteiger partial charge in [-0.25, -0.2) is 5.48 Å². The molecular weight excluding hydrogens is 188 g/mol. The molecule has 1 N–H and O–H groups in total. The molecule has 0 aromatic heterocycles. The van der Waals surface area contributed by atoms with Crippen molar-refractivity contribution in [1.29, 1.82) is 0 Å². The van der Waals surface area contributed by atoms with Crippen molar-refractivity contribution in [2.24, 2.45) is 0 Å². The number of hydroxylamine groups is 1. The Morgan fingerprint density at radius 3 is 2.69 bits per heavy atom. The molecule has 0 radical (unpaired) electrons. The van der Waals surface area contributed by atoms with Crippen LogP contribution in [0.4, 0.5) is 0 Å². The molecule has 0 aromatic rings. The molecule has 1 aliphatic rings. The van der Waals surface area contributed by atoms with Crippen LogP contribution in [0.15, 0.2) is 0 Å². The lowest BCUT2D eigenvalue weighted by atomic mass is 10.2. The van der Waals surface area contributed by atoms with Crippen LogP contribution < -0.4 is 5.48 Å². The van der Waals surface area contributed by atoms with Gasteiger partial charge in [0.2, 0.25) is 0 Å². The Morgan fingerprint density at radius 1 is 1.54 bits per heavy atom. The minimum absolute atomic E-state index is 0.0607. The average molecular weight is 204 g/mol. The number of nitrogens with zero attached hydrogens (tertiary/aromatic N) is 1. The van der Waals surface area contributed by atoms with Crippen LogP contribution in [0.5, 0.6) is 0 Å². The smallest absolute Gasteiger partial charge is 0.260 e. The van der Waals surface area contributed by atoms with E-state index in [1.54, 1.807) is 0 Å². The number of hydrogen-bond acceptors (Lipinski definition) is 4. The molecule has 76 valence electrons. The second-order valence-corrected chi connectivity index (χ2v) is 4.22. The summed E-state index contributed by atoms with van der Waals surface area (Å²) in [6.07, 6.45) is 0. The second kappa shape index (κ2) is 5.47. The quantitative estimate of drug-likeness (QED) is 0.662. The topological polar surface area (TPSA) is 41.6 Å². The predicted molar refractivity (Wildman–Crippen MR) is 53.5 cm³/mol. The summed E-state index contributed by atoms with van der Waals surface area (Å²) in [5.74, 6) is 2.17. The number of nitrogens with one attached hydrogen (secondary N) is 1. The summed E-state index contributed by atoms with van der Waals surface area (Å²) in [7, 11) is 1.46. The zero-order valence-corrected chi connectivity index (χ0v) is 8.89. The summed E-state index contributed by atoms with van der Waals surface area (Å²) >= 11 is 1.94. The zero-order valence-electron chi connectivity index (χ0n) is 8.08. The fraction of sp³-hybridized carbons (Fsp3) is 0.875. The molecule has 1 aliphatic heterocycles. The fourth-order valence-electron chi connectivity index (χ4n) is 1.32. The van der Waals surface area contributed by atoms with E-state index in [0.717, 1.165) is 24.6 Å². The Balaban J connectivity index is 2.35. The van der Waals surface area contributed by atoms with Gasteiger partial charge in [-0.15, -0.1) is 0 Å². The van der Waals surface area contributed by atoms with E-state index < -0.39 is 0 Å². The van der Waals surface area contributed by atoms with Crippen LogP contribution in [0.2, 0.25) is 0 Å². The molecule has 1 unspecified atom stereocenters. The Hall–Kier alpha value is -0.260. The Kier molecular flexibility index (Phi) is 4.55. The molecule has 1 atom stereocenters. The van der Waals surface area contributed by atoms with Gasteiger partial charge in [0.25, 0.3) is 5.91 Å². The van der Waals surface area contributed by atoms with Gasteiger partial charge in [-0.3, -0.25) is 14.5 Å². The number of rotatable bonds is 3. The Bertz CT molecular complexity index is 172. The van der Waals surface area contributed by atoms with E-state index in [2.05, 4.69) is 15.2 Å². The van der Waals surface area contributed by atoms with Gasteiger partial charge >= 0.3 is 0 Å². The van der Waals surface area contributed by atoms with Gasteiger partial charge in [0.05, 0.1) is 13.2 Å². The van der Waals surface area contributed by atoms with Crippen LogP contribution in [0.3, 0.4) is 0 Å². The molecule has 4 nitrogen and oxygen atoms in total. The highest BCUT2D eigenvalue weighted by Crippen LogP contribution is 2.11. The van der Waals surface area contributed by atoms with Crippen molar-refractivity contribution < 1.29 is 9.63 Å². The highest BCUT2D eigenvalue weighted by Gasteiger charge is 2.22. The molecule has 0 aliphatic carbocycles. The molecule has 0 aromatic carbocycles. The fourth-order valence-corrected chi connectivity index (χ4v) is 2.25. The lowest BCUT2D eigenvalue weighted by Crippen LogP contribution is -2.48. The molecule has 1 fully saturated rings. The van der Waals surface area contributed by atoms with Crippen LogP contribution in [0, 0.1) is 0 Å². The van der Waals surface area contributed by atoms with E-state index in [0.29, 0.717) is 0 Å². The lowest BCUT2D eigenvalue weighted by Gasteiger charge is -2.30. The summed E-state index contributed by atoms with van der Waals surface area (Å²) in [5.41, 5.74) is 2.36. The van der Waals surface area contributed by atoms with Crippen molar-refractivity contribution in [3.63, 3.8) is 0 Å². The van der Waals surface area contributed by atoms with Gasteiger partial charge in [0.1, 0.15) is 0 Å². The van der Waals surface area contributed by atoms with Crippen LogP contribution in [-0.2, 0) is 9.63 Å². The lowest BCUT2D eigenvalue weighted by molar-refractivity contribution is -0.136. The Morgan fingerprint density at radius 2 is 2.15 bits per heavy atom. The van der Waals surface area contributed by atoms with Crippen molar-refractivity contribution in [3.8, 4) is 0 Å². The largest absolute Gasteiger partial charge is 0.290 e. The first-order valence-corrected chi connectivity index (χ1v) is 5.56. The highest BCUT2D eigenvalue weighted by atomic mass is 32.2. The first kappa shape index (κ1) is 10.8. The molecule has 0 bridgehead atoms. The van der Waals surface area contributed by atoms with Gasteiger partial charge in [0, 0.05) is 24.6 Å². The number of amides is 1. The zero-order chi connectivity index (χ0) is 9.68. The molecule has 1 heterocycles. The molecule has 1 rings (SSSR count). The molecule has 1 saturated heterocycles. The maximum absolute atomic E-state index is 11.4. The van der Waals surface area contributed by atoms with Crippen molar-refractivity contribution in [2.75, 3.05) is 31.7 Å². The van der Waals surface area contributed by atoms with Crippen LogP contribution in [-0.4, -0.2) is 48.6 Å². The van der Waals surface area contributed by atoms with E-state index >= 15 is 0 Å². The van der Waals surface area contributed by atoms with Gasteiger partial charge in [0.15, 0.2) is 0 Å². The minimum atomic E-state index is -0.0825. The molecule has 0 spiro atoms. The predicted octanol–water partition coefficient (Wildman–Crippen LogP) is 0.101. The number of hydrogen-bond donors (Lipinski definition) is 1. The number of thioether (sulfide) groups is 1. The van der Waals surface area contributed by atoms with Gasteiger partial charge in [-0.05, 0) is 6.92 Å². The maximum Gasteiger partial charge on any atom is 0.260 e. The van der Waals surface area contributed by atoms with Crippen molar-refractivity contribution in [1.82, 2.24) is 10.4 Å². The monoisotopic (exact) mass is 204 g/mol. The minimum Gasteiger partial charge on any atom is -0.290 e. The van der Waals surface area contributed by atoms with E-state index in [-0.39, 0.29) is 11.9 Å². The SMILES string of the molecule is CONC(=O)C(C)N1CCSCC1. The van der Waals surface area contributed by atoms with E-state index in [1.807, 2.05) is 18.7 Å². The summed E-state index contributed by atoms with van der Waals surface area (Å²) in [6, 6.07) is -0.0825. The van der Waals surface area contributed by atoms with Crippen molar-refractivity contribution in [2.45, 2.75) is 13.0 Å². The summed E-state index contributed by atoms with van der Waals surface area (Å²) in [4.78, 5) is 18.1. The summed E-state index contributed by atoms with van der Waals surface area (Å²) < 4.78 is 0. The molecule has 5 heteroatoms. The van der Waals surface area contributed by atoms with E-state index in [9.17, 15) is 4.79 Å². The standard InChI is InChI=1S/C8H16N2O2S/c1-7(8(11)9-12-2)10-3-5-13-6-4-10/h7H,3-6H2,1-2H3,(H,9,11). The van der Waals surface area contributed by atoms with E-state index in [4.69, 9.17) is 0 Å².